The number of nitrogens with zero attached hydrogens (tertiary/aromatic N) is 2. The second-order valence-electron chi connectivity index (χ2n) is 9.92. The van der Waals surface area contributed by atoms with Gasteiger partial charge in [0.25, 0.3) is 0 Å². The van der Waals surface area contributed by atoms with Gasteiger partial charge in [-0.1, -0.05) is 30.3 Å². The second kappa shape index (κ2) is 9.83. The summed E-state index contributed by atoms with van der Waals surface area (Å²) in [4.78, 5) is 20.5. The Kier molecular flexibility index (Phi) is 6.35. The third-order valence-corrected chi connectivity index (χ3v) is 8.49. The first-order chi connectivity index (χ1) is 18.4. The summed E-state index contributed by atoms with van der Waals surface area (Å²) in [6.07, 6.45) is 8.14. The van der Waals surface area contributed by atoms with Gasteiger partial charge in [-0.3, -0.25) is 9.78 Å². The Morgan fingerprint density at radius 2 is 1.89 bits per heavy atom. The molecule has 0 amide bonds. The van der Waals surface area contributed by atoms with Crippen molar-refractivity contribution in [1.29, 1.82) is 0 Å². The minimum Gasteiger partial charge on any atom is -0.481 e. The Bertz CT molecular complexity index is 1590. The first-order valence-electron chi connectivity index (χ1n) is 12.4. The van der Waals surface area contributed by atoms with Gasteiger partial charge in [-0.2, -0.15) is 0 Å². The predicted molar refractivity (Wildman–Crippen MR) is 144 cm³/mol. The Morgan fingerprint density at radius 3 is 2.71 bits per heavy atom. The van der Waals surface area contributed by atoms with Crippen molar-refractivity contribution in [2.24, 2.45) is 5.41 Å². The van der Waals surface area contributed by atoms with E-state index in [1.807, 2.05) is 36.4 Å². The number of aromatic nitrogens is 2. The van der Waals surface area contributed by atoms with E-state index in [1.54, 1.807) is 30.1 Å². The number of rotatable bonds is 7. The maximum Gasteiger partial charge on any atom is 0.303 e. The van der Waals surface area contributed by atoms with Crippen LogP contribution in [-0.4, -0.2) is 26.8 Å². The normalized spacial score (nSPS) is 17.5. The summed E-state index contributed by atoms with van der Waals surface area (Å²) >= 11 is 1.60. The lowest BCUT2D eigenvalue weighted by Gasteiger charge is -2.21. The summed E-state index contributed by atoms with van der Waals surface area (Å²) in [5.41, 5.74) is 4.27. The van der Waals surface area contributed by atoms with E-state index in [-0.39, 0.29) is 17.3 Å². The molecule has 0 radical (unpaired) electrons. The van der Waals surface area contributed by atoms with Gasteiger partial charge in [-0.05, 0) is 59.7 Å². The van der Waals surface area contributed by atoms with Crippen molar-refractivity contribution in [3.63, 3.8) is 0 Å². The van der Waals surface area contributed by atoms with Crippen molar-refractivity contribution < 1.29 is 23.4 Å². The molecule has 2 aliphatic rings. The maximum atomic E-state index is 13.7. The van der Waals surface area contributed by atoms with E-state index in [0.717, 1.165) is 53.1 Å². The largest absolute Gasteiger partial charge is 0.481 e. The number of halogens is 2. The fourth-order valence-corrected chi connectivity index (χ4v) is 6.27. The molecule has 0 bridgehead atoms. The van der Waals surface area contributed by atoms with Crippen LogP contribution in [0, 0.1) is 17.0 Å². The SMILES string of the molecule is O=C(O)CC1(CSC2Oc3c(C=Cc4ccc5cc(F)c(F)cc5n4)cccc3Cc3cccnc32)CC1. The molecule has 2 aromatic carbocycles. The first kappa shape index (κ1) is 24.6. The number of carboxylic acids is 1. The minimum absolute atomic E-state index is 0.168. The highest BCUT2D eigenvalue weighted by Gasteiger charge is 2.45. The summed E-state index contributed by atoms with van der Waals surface area (Å²) in [7, 11) is 0. The zero-order valence-electron chi connectivity index (χ0n) is 20.4. The van der Waals surface area contributed by atoms with Gasteiger partial charge in [-0.15, -0.1) is 11.8 Å². The molecule has 1 saturated carbocycles. The lowest BCUT2D eigenvalue weighted by Crippen LogP contribution is -2.14. The van der Waals surface area contributed by atoms with E-state index in [0.29, 0.717) is 28.8 Å². The van der Waals surface area contributed by atoms with Gasteiger partial charge in [-0.25, -0.2) is 13.8 Å². The van der Waals surface area contributed by atoms with Gasteiger partial charge in [0.05, 0.1) is 23.3 Å². The molecule has 1 aliphatic heterocycles. The van der Waals surface area contributed by atoms with Gasteiger partial charge >= 0.3 is 5.97 Å². The summed E-state index contributed by atoms with van der Waals surface area (Å²) < 4.78 is 33.9. The lowest BCUT2D eigenvalue weighted by atomic mass is 10.0. The number of pyridine rings is 2. The van der Waals surface area contributed by atoms with E-state index in [4.69, 9.17) is 4.74 Å². The summed E-state index contributed by atoms with van der Waals surface area (Å²) in [6, 6.07) is 15.7. The number of hydrogen-bond donors (Lipinski definition) is 1. The zero-order chi connectivity index (χ0) is 26.3. The highest BCUT2D eigenvalue weighted by atomic mass is 32.2. The molecule has 6 rings (SSSR count). The number of hydrogen-bond acceptors (Lipinski definition) is 5. The Labute approximate surface area is 222 Å². The molecule has 2 aromatic heterocycles. The highest BCUT2D eigenvalue weighted by Crippen LogP contribution is 2.53. The number of benzene rings is 2. The number of carboxylic acid groups (broad SMARTS) is 1. The van der Waals surface area contributed by atoms with Crippen LogP contribution in [0.2, 0.25) is 0 Å². The van der Waals surface area contributed by atoms with Crippen molar-refractivity contribution in [3.05, 3.63) is 101 Å². The number of carbonyl (C=O) groups is 1. The van der Waals surface area contributed by atoms with Gasteiger partial charge in [0.1, 0.15) is 5.75 Å². The van der Waals surface area contributed by atoms with Crippen LogP contribution in [0.4, 0.5) is 8.78 Å². The number of ether oxygens (including phenoxy) is 1. The highest BCUT2D eigenvalue weighted by molar-refractivity contribution is 7.99. The molecule has 1 aliphatic carbocycles. The molecule has 1 atom stereocenters. The predicted octanol–water partition coefficient (Wildman–Crippen LogP) is 7.05. The monoisotopic (exact) mass is 530 g/mol. The van der Waals surface area contributed by atoms with Crippen LogP contribution in [0.15, 0.2) is 60.8 Å². The summed E-state index contributed by atoms with van der Waals surface area (Å²) in [5.74, 6) is -1.16. The maximum absolute atomic E-state index is 13.7. The average Bonchev–Trinajstić information content (AvgIpc) is 3.68. The van der Waals surface area contributed by atoms with Crippen LogP contribution in [0.3, 0.4) is 0 Å². The van der Waals surface area contributed by atoms with E-state index in [2.05, 4.69) is 16.0 Å². The zero-order valence-corrected chi connectivity index (χ0v) is 21.2. The van der Waals surface area contributed by atoms with Crippen molar-refractivity contribution in [3.8, 4) is 5.75 Å². The second-order valence-corrected chi connectivity index (χ2v) is 11.0. The molecule has 3 heterocycles. The van der Waals surface area contributed by atoms with E-state index < -0.39 is 17.6 Å². The Morgan fingerprint density at radius 1 is 1.08 bits per heavy atom. The van der Waals surface area contributed by atoms with Crippen LogP contribution < -0.4 is 4.74 Å². The quantitative estimate of drug-likeness (QED) is 0.276. The van der Waals surface area contributed by atoms with E-state index in [1.165, 1.54) is 0 Å². The third-order valence-electron chi connectivity index (χ3n) is 7.09. The van der Waals surface area contributed by atoms with Crippen molar-refractivity contribution in [1.82, 2.24) is 9.97 Å². The van der Waals surface area contributed by atoms with Gasteiger partial charge in [0.2, 0.25) is 0 Å². The molecule has 1 unspecified atom stereocenters. The van der Waals surface area contributed by atoms with Gasteiger partial charge < -0.3 is 9.84 Å². The smallest absolute Gasteiger partial charge is 0.303 e. The standard InChI is InChI=1S/C30H24F2N2O3S/c31-23-14-19-7-9-22(34-25(19)15-24(23)32)8-6-18-3-1-4-21-13-20-5-2-12-33-27(20)29(37-28(18)21)38-17-30(10-11-30)16-26(35)36/h1-9,12,14-15,29H,10-11,13,16-17H2,(H,35,36). The molecule has 0 saturated heterocycles. The van der Waals surface area contributed by atoms with Crippen molar-refractivity contribution >= 4 is 40.8 Å². The van der Waals surface area contributed by atoms with Gasteiger partial charge in [0.15, 0.2) is 17.1 Å². The topological polar surface area (TPSA) is 72.3 Å². The average molecular weight is 531 g/mol. The van der Waals surface area contributed by atoms with Crippen molar-refractivity contribution in [2.75, 3.05) is 5.75 Å². The molecular weight excluding hydrogens is 506 g/mol. The van der Waals surface area contributed by atoms with Crippen molar-refractivity contribution in [2.45, 2.75) is 31.1 Å². The first-order valence-corrected chi connectivity index (χ1v) is 13.4. The Hall–Kier alpha value is -3.78. The minimum atomic E-state index is -0.930. The molecule has 192 valence electrons. The fraction of sp³-hybridized carbons (Fsp3) is 0.233. The molecule has 38 heavy (non-hydrogen) atoms. The molecular formula is C30H24F2N2O3S. The van der Waals surface area contributed by atoms with Crippen LogP contribution in [0.5, 0.6) is 5.75 Å². The van der Waals surface area contributed by atoms with E-state index in [9.17, 15) is 18.7 Å². The summed E-state index contributed by atoms with van der Waals surface area (Å²) in [6.45, 7) is 0. The number of fused-ring (bicyclic) bond motifs is 3. The number of para-hydroxylation sites is 1. The van der Waals surface area contributed by atoms with Crippen LogP contribution in [-0.2, 0) is 11.2 Å². The molecule has 0 spiro atoms. The lowest BCUT2D eigenvalue weighted by molar-refractivity contribution is -0.138. The Balaban J connectivity index is 1.31. The molecule has 4 aromatic rings. The fourth-order valence-electron chi connectivity index (χ4n) is 4.84. The number of aliphatic carboxylic acids is 1. The van der Waals surface area contributed by atoms with Crippen LogP contribution in [0.25, 0.3) is 23.1 Å². The third kappa shape index (κ3) is 5.00. The molecule has 8 heteroatoms. The summed E-state index contributed by atoms with van der Waals surface area (Å²) in [5, 5.41) is 9.86. The van der Waals surface area contributed by atoms with Crippen LogP contribution >= 0.6 is 11.8 Å². The molecule has 5 nitrogen and oxygen atoms in total. The molecule has 1 fully saturated rings. The van der Waals surface area contributed by atoms with Gasteiger partial charge in [0, 0.05) is 35.4 Å². The van der Waals surface area contributed by atoms with E-state index >= 15 is 0 Å². The number of thioether (sulfide) groups is 1. The molecule has 1 N–H and O–H groups in total. The van der Waals surface area contributed by atoms with Crippen LogP contribution in [0.1, 0.15) is 52.8 Å².